The number of hydroxylamine groups is 1. The second kappa shape index (κ2) is 7.22. The van der Waals surface area contributed by atoms with Gasteiger partial charge in [0, 0.05) is 17.2 Å². The van der Waals surface area contributed by atoms with Crippen LogP contribution in [0.4, 0.5) is 0 Å². The number of pyridine rings is 1. The van der Waals surface area contributed by atoms with Gasteiger partial charge in [0.2, 0.25) is 0 Å². The van der Waals surface area contributed by atoms with E-state index in [0.29, 0.717) is 0 Å². The fraction of sp³-hybridized carbons (Fsp3) is 0.250. The average Bonchev–Trinajstić information content (AvgIpc) is 2.35. The molecule has 0 fully saturated rings. The Hall–Kier alpha value is -1.10. The summed E-state index contributed by atoms with van der Waals surface area (Å²) in [6.07, 6.45) is 7.96. The summed E-state index contributed by atoms with van der Waals surface area (Å²) < 4.78 is 0. The molecule has 86 valence electrons. The van der Waals surface area contributed by atoms with Crippen LogP contribution in [-0.4, -0.2) is 18.3 Å². The van der Waals surface area contributed by atoms with Gasteiger partial charge in [-0.2, -0.15) is 5.48 Å². The third-order valence-electron chi connectivity index (χ3n) is 2.02. The summed E-state index contributed by atoms with van der Waals surface area (Å²) in [5.74, 6) is 0. The van der Waals surface area contributed by atoms with Crippen LogP contribution in [0.5, 0.6) is 0 Å². The van der Waals surface area contributed by atoms with Crippen LogP contribution in [0.3, 0.4) is 0 Å². The molecule has 0 atom stereocenters. The Bertz CT molecular complexity index is 374. The number of thioether (sulfide) groups is 1. The maximum atomic E-state index is 5.08. The number of aromatic nitrogens is 1. The van der Waals surface area contributed by atoms with Gasteiger partial charge < -0.3 is 0 Å². The van der Waals surface area contributed by atoms with Crippen molar-refractivity contribution in [1.29, 1.82) is 0 Å². The van der Waals surface area contributed by atoms with Gasteiger partial charge in [-0.1, -0.05) is 12.1 Å². The molecule has 1 rings (SSSR count). The number of allylic oxidation sites excluding steroid dienone is 2. The summed E-state index contributed by atoms with van der Waals surface area (Å²) in [5, 5.41) is 0. The summed E-state index contributed by atoms with van der Waals surface area (Å²) >= 11 is 1.70. The normalized spacial score (nSPS) is 12.9. The highest BCUT2D eigenvalue weighted by molar-refractivity contribution is 8.02. The molecule has 0 aliphatic carbocycles. The highest BCUT2D eigenvalue weighted by Gasteiger charge is 2.07. The summed E-state index contributed by atoms with van der Waals surface area (Å²) in [7, 11) is 1.64. The van der Waals surface area contributed by atoms with Gasteiger partial charge in [0.15, 0.2) is 5.70 Å². The maximum Gasteiger partial charge on any atom is 0.188 e. The van der Waals surface area contributed by atoms with E-state index in [1.165, 1.54) is 4.91 Å². The molecule has 0 unspecified atom stereocenters. The van der Waals surface area contributed by atoms with Gasteiger partial charge in [-0.3, -0.25) is 4.98 Å². The second-order valence-electron chi connectivity index (χ2n) is 3.06. The summed E-state index contributed by atoms with van der Waals surface area (Å²) in [4.78, 5) is 10.6. The van der Waals surface area contributed by atoms with Crippen molar-refractivity contribution >= 4 is 17.5 Å². The number of quaternary nitrogens is 1. The highest BCUT2D eigenvalue weighted by atomic mass is 32.2. The first-order valence-corrected chi connectivity index (χ1v) is 6.23. The van der Waals surface area contributed by atoms with E-state index in [4.69, 9.17) is 4.84 Å². The molecule has 4 heteroatoms. The number of nitrogens with zero attached hydrogens (tertiary/aromatic N) is 1. The first kappa shape index (κ1) is 13.0. The predicted molar refractivity (Wildman–Crippen MR) is 68.4 cm³/mol. The first-order valence-electron chi connectivity index (χ1n) is 5.01. The van der Waals surface area contributed by atoms with Gasteiger partial charge in [-0.05, 0) is 25.3 Å². The van der Waals surface area contributed by atoms with E-state index < -0.39 is 0 Å². The van der Waals surface area contributed by atoms with Crippen LogP contribution in [0.1, 0.15) is 12.6 Å². The van der Waals surface area contributed by atoms with Crippen molar-refractivity contribution in [2.75, 3.05) is 13.4 Å². The van der Waals surface area contributed by atoms with Crippen molar-refractivity contribution in [3.63, 3.8) is 0 Å². The molecule has 16 heavy (non-hydrogen) atoms. The molecule has 0 saturated heterocycles. The molecule has 1 aromatic heterocycles. The van der Waals surface area contributed by atoms with Crippen LogP contribution >= 0.6 is 11.8 Å². The van der Waals surface area contributed by atoms with E-state index in [9.17, 15) is 0 Å². The topological polar surface area (TPSA) is 38.7 Å². The molecule has 0 amide bonds. The second-order valence-corrected chi connectivity index (χ2v) is 3.94. The minimum absolute atomic E-state index is 0.915. The Morgan fingerprint density at radius 2 is 2.31 bits per heavy atom. The number of nitrogens with two attached hydrogens (primary N) is 1. The van der Waals surface area contributed by atoms with Gasteiger partial charge >= 0.3 is 0 Å². The van der Waals surface area contributed by atoms with Gasteiger partial charge in [0.05, 0.1) is 7.11 Å². The van der Waals surface area contributed by atoms with E-state index in [1.807, 2.05) is 25.1 Å². The van der Waals surface area contributed by atoms with Crippen molar-refractivity contribution in [3.8, 4) is 0 Å². The molecule has 0 aliphatic heterocycles. The third-order valence-corrected chi connectivity index (χ3v) is 2.85. The molecular formula is C12H17N2OS+. The quantitative estimate of drug-likeness (QED) is 0.627. The average molecular weight is 237 g/mol. The molecule has 2 N–H and O–H groups in total. The first-order chi connectivity index (χ1) is 7.81. The van der Waals surface area contributed by atoms with E-state index in [-0.39, 0.29) is 0 Å². The number of hydrogen-bond donors (Lipinski definition) is 1. The highest BCUT2D eigenvalue weighted by Crippen LogP contribution is 2.16. The Morgan fingerprint density at radius 1 is 1.50 bits per heavy atom. The molecule has 0 spiro atoms. The zero-order chi connectivity index (χ0) is 11.8. The number of rotatable bonds is 5. The van der Waals surface area contributed by atoms with Crippen LogP contribution < -0.4 is 5.48 Å². The Labute approximate surface area is 101 Å². The summed E-state index contributed by atoms with van der Waals surface area (Å²) in [6.45, 7) is 2.02. The molecular weight excluding hydrogens is 220 g/mol. The minimum atomic E-state index is 0.915. The molecule has 3 nitrogen and oxygen atoms in total. The monoisotopic (exact) mass is 237 g/mol. The largest absolute Gasteiger partial charge is 0.250 e. The fourth-order valence-electron chi connectivity index (χ4n) is 1.24. The van der Waals surface area contributed by atoms with E-state index >= 15 is 0 Å². The lowest BCUT2D eigenvalue weighted by atomic mass is 10.2. The minimum Gasteiger partial charge on any atom is -0.250 e. The SMILES string of the molecule is C/C=C(\C=C(/[NH2+]OC)c1ccccn1)SC. The van der Waals surface area contributed by atoms with Crippen LogP contribution in [0.2, 0.25) is 0 Å². The maximum absolute atomic E-state index is 5.08. The van der Waals surface area contributed by atoms with Crippen molar-refractivity contribution in [2.24, 2.45) is 0 Å². The molecule has 0 bridgehead atoms. The number of hydrogen-bond acceptors (Lipinski definition) is 3. The van der Waals surface area contributed by atoms with Crippen molar-refractivity contribution in [3.05, 3.63) is 47.1 Å². The lowest BCUT2D eigenvalue weighted by Crippen LogP contribution is -2.79. The lowest BCUT2D eigenvalue weighted by molar-refractivity contribution is -0.824. The van der Waals surface area contributed by atoms with Gasteiger partial charge in [-0.25, -0.2) is 4.84 Å². The molecule has 0 aromatic carbocycles. The molecule has 1 aromatic rings. The van der Waals surface area contributed by atoms with Gasteiger partial charge in [0.25, 0.3) is 0 Å². The zero-order valence-corrected chi connectivity index (χ0v) is 10.6. The van der Waals surface area contributed by atoms with Crippen LogP contribution in [0, 0.1) is 0 Å². The smallest absolute Gasteiger partial charge is 0.188 e. The van der Waals surface area contributed by atoms with Crippen LogP contribution in [0.25, 0.3) is 5.70 Å². The predicted octanol–water partition coefficient (Wildman–Crippen LogP) is 1.81. The summed E-state index contributed by atoms with van der Waals surface area (Å²) in [5.41, 5.74) is 3.60. The van der Waals surface area contributed by atoms with Crippen molar-refractivity contribution in [1.82, 2.24) is 4.98 Å². The van der Waals surface area contributed by atoms with Crippen molar-refractivity contribution in [2.45, 2.75) is 6.92 Å². The van der Waals surface area contributed by atoms with E-state index in [1.54, 1.807) is 30.5 Å². The van der Waals surface area contributed by atoms with Crippen molar-refractivity contribution < 1.29 is 10.3 Å². The molecule has 1 heterocycles. The van der Waals surface area contributed by atoms with E-state index in [2.05, 4.69) is 23.4 Å². The molecule has 0 aliphatic rings. The standard InChI is InChI=1S/C12H16N2OS/c1-4-10(16-3)9-12(14-15-2)11-7-5-6-8-13-11/h4-9,14H,1-3H3/p+1/b10-4+,12-9-. The summed E-state index contributed by atoms with van der Waals surface area (Å²) in [6, 6.07) is 5.84. The Morgan fingerprint density at radius 3 is 2.81 bits per heavy atom. The molecule has 0 radical (unpaired) electrons. The van der Waals surface area contributed by atoms with E-state index in [0.717, 1.165) is 11.4 Å². The van der Waals surface area contributed by atoms with Crippen LogP contribution in [-0.2, 0) is 4.84 Å². The van der Waals surface area contributed by atoms with Crippen LogP contribution in [0.15, 0.2) is 41.5 Å². The third kappa shape index (κ3) is 3.81. The Kier molecular flexibility index (Phi) is 5.85. The zero-order valence-electron chi connectivity index (χ0n) is 9.81. The Balaban J connectivity index is 3.00. The molecule has 0 saturated carbocycles. The lowest BCUT2D eigenvalue weighted by Gasteiger charge is -2.03. The van der Waals surface area contributed by atoms with Gasteiger partial charge in [0.1, 0.15) is 5.69 Å². The fourth-order valence-corrected chi connectivity index (χ4v) is 1.72. The van der Waals surface area contributed by atoms with Gasteiger partial charge in [-0.15, -0.1) is 11.8 Å².